The van der Waals surface area contributed by atoms with Crippen LogP contribution in [-0.4, -0.2) is 24.5 Å². The van der Waals surface area contributed by atoms with Gasteiger partial charge in [0.1, 0.15) is 0 Å². The molecule has 0 fully saturated rings. The number of carbonyl (C=O) groups excluding carboxylic acids is 1. The Kier molecular flexibility index (Phi) is 5.40. The average Bonchev–Trinajstić information content (AvgIpc) is 2.30. The summed E-state index contributed by atoms with van der Waals surface area (Å²) < 4.78 is 0. The van der Waals surface area contributed by atoms with E-state index in [1.54, 1.807) is 4.90 Å². The van der Waals surface area contributed by atoms with E-state index in [2.05, 4.69) is 12.2 Å². The zero-order valence-electron chi connectivity index (χ0n) is 10.1. The maximum atomic E-state index is 11.7. The van der Waals surface area contributed by atoms with Gasteiger partial charge >= 0.3 is 6.03 Å². The lowest BCUT2D eigenvalue weighted by molar-refractivity contribution is 0.221. The average molecular weight is 220 g/mol. The Balaban J connectivity index is 2.34. The first kappa shape index (κ1) is 12.6. The van der Waals surface area contributed by atoms with Crippen LogP contribution < -0.4 is 5.32 Å². The van der Waals surface area contributed by atoms with Crippen molar-refractivity contribution in [2.75, 3.05) is 18.9 Å². The van der Waals surface area contributed by atoms with Crippen LogP contribution in [0.4, 0.5) is 10.5 Å². The molecule has 0 aliphatic carbocycles. The smallest absolute Gasteiger partial charge is 0.321 e. The summed E-state index contributed by atoms with van der Waals surface area (Å²) in [6.07, 6.45) is 3.41. The molecular weight excluding hydrogens is 200 g/mol. The number of nitrogens with zero attached hydrogens (tertiary/aromatic N) is 1. The minimum absolute atomic E-state index is 0.0395. The van der Waals surface area contributed by atoms with Crippen LogP contribution in [0, 0.1) is 0 Å². The number of hydrogen-bond donors (Lipinski definition) is 1. The van der Waals surface area contributed by atoms with Crippen LogP contribution in [0.5, 0.6) is 0 Å². The molecular formula is C13H20N2O. The molecule has 3 heteroatoms. The quantitative estimate of drug-likeness (QED) is 0.758. The highest BCUT2D eigenvalue weighted by molar-refractivity contribution is 5.89. The Hall–Kier alpha value is -1.51. The van der Waals surface area contributed by atoms with Gasteiger partial charge in [0.05, 0.1) is 0 Å². The Morgan fingerprint density at radius 1 is 1.25 bits per heavy atom. The van der Waals surface area contributed by atoms with Crippen molar-refractivity contribution in [3.05, 3.63) is 30.3 Å². The lowest BCUT2D eigenvalue weighted by Gasteiger charge is -2.17. The van der Waals surface area contributed by atoms with Crippen LogP contribution in [0.3, 0.4) is 0 Å². The van der Waals surface area contributed by atoms with E-state index < -0.39 is 0 Å². The molecule has 0 aliphatic rings. The van der Waals surface area contributed by atoms with Gasteiger partial charge in [0.2, 0.25) is 0 Å². The van der Waals surface area contributed by atoms with Crippen molar-refractivity contribution < 1.29 is 4.79 Å². The number of para-hydroxylation sites is 1. The topological polar surface area (TPSA) is 32.3 Å². The zero-order chi connectivity index (χ0) is 11.8. The van der Waals surface area contributed by atoms with Crippen molar-refractivity contribution >= 4 is 11.7 Å². The van der Waals surface area contributed by atoms with Gasteiger partial charge in [0, 0.05) is 19.3 Å². The fourth-order valence-corrected chi connectivity index (χ4v) is 1.44. The molecule has 1 N–H and O–H groups in total. The van der Waals surface area contributed by atoms with Crippen molar-refractivity contribution in [3.63, 3.8) is 0 Å². The number of unbranched alkanes of at least 4 members (excludes halogenated alkanes) is 2. The molecule has 0 radical (unpaired) electrons. The Morgan fingerprint density at radius 2 is 1.94 bits per heavy atom. The first-order chi connectivity index (χ1) is 7.74. The number of benzene rings is 1. The van der Waals surface area contributed by atoms with Crippen molar-refractivity contribution in [3.8, 4) is 0 Å². The minimum Gasteiger partial charge on any atom is -0.328 e. The number of rotatable bonds is 5. The van der Waals surface area contributed by atoms with Gasteiger partial charge < -0.3 is 10.2 Å². The fraction of sp³-hybridized carbons (Fsp3) is 0.462. The minimum atomic E-state index is -0.0395. The maximum Gasteiger partial charge on any atom is 0.321 e. The highest BCUT2D eigenvalue weighted by atomic mass is 16.2. The molecule has 1 aromatic rings. The van der Waals surface area contributed by atoms with Gasteiger partial charge in [-0.1, -0.05) is 38.0 Å². The molecule has 2 amide bonds. The standard InChI is InChI=1S/C13H20N2O/c1-3-4-8-11-15(2)13(16)14-12-9-6-5-7-10-12/h5-7,9-10H,3-4,8,11H2,1-2H3,(H,14,16). The van der Waals surface area contributed by atoms with E-state index >= 15 is 0 Å². The van der Waals surface area contributed by atoms with E-state index in [9.17, 15) is 4.79 Å². The van der Waals surface area contributed by atoms with E-state index in [1.807, 2.05) is 37.4 Å². The van der Waals surface area contributed by atoms with Crippen LogP contribution in [0.1, 0.15) is 26.2 Å². The lowest BCUT2D eigenvalue weighted by Crippen LogP contribution is -2.32. The summed E-state index contributed by atoms with van der Waals surface area (Å²) in [5.74, 6) is 0. The molecule has 0 heterocycles. The molecule has 0 unspecified atom stereocenters. The van der Waals surface area contributed by atoms with Crippen LogP contribution in [0.15, 0.2) is 30.3 Å². The van der Waals surface area contributed by atoms with Crippen molar-refractivity contribution in [1.29, 1.82) is 0 Å². The van der Waals surface area contributed by atoms with Gasteiger partial charge in [-0.25, -0.2) is 4.79 Å². The predicted octanol–water partition coefficient (Wildman–Crippen LogP) is 3.34. The van der Waals surface area contributed by atoms with Gasteiger partial charge in [-0.15, -0.1) is 0 Å². The zero-order valence-corrected chi connectivity index (χ0v) is 10.1. The lowest BCUT2D eigenvalue weighted by atomic mass is 10.2. The molecule has 0 aliphatic heterocycles. The van der Waals surface area contributed by atoms with Crippen LogP contribution in [-0.2, 0) is 0 Å². The highest BCUT2D eigenvalue weighted by Crippen LogP contribution is 2.06. The van der Waals surface area contributed by atoms with Crippen molar-refractivity contribution in [2.24, 2.45) is 0 Å². The van der Waals surface area contributed by atoms with Gasteiger partial charge in [-0.2, -0.15) is 0 Å². The van der Waals surface area contributed by atoms with Gasteiger partial charge in [-0.3, -0.25) is 0 Å². The normalized spacial score (nSPS) is 9.88. The summed E-state index contributed by atoms with van der Waals surface area (Å²) in [4.78, 5) is 13.4. The number of hydrogen-bond acceptors (Lipinski definition) is 1. The third-order valence-electron chi connectivity index (χ3n) is 2.47. The van der Waals surface area contributed by atoms with Crippen molar-refractivity contribution in [2.45, 2.75) is 26.2 Å². The van der Waals surface area contributed by atoms with Gasteiger partial charge in [0.25, 0.3) is 0 Å². The molecule has 1 aromatic carbocycles. The third kappa shape index (κ3) is 4.34. The van der Waals surface area contributed by atoms with Crippen LogP contribution in [0.25, 0.3) is 0 Å². The molecule has 0 atom stereocenters. The van der Waals surface area contributed by atoms with E-state index in [0.717, 1.165) is 18.7 Å². The largest absolute Gasteiger partial charge is 0.328 e. The summed E-state index contributed by atoms with van der Waals surface area (Å²) in [7, 11) is 1.83. The second-order valence-electron chi connectivity index (χ2n) is 3.92. The molecule has 0 bridgehead atoms. The van der Waals surface area contributed by atoms with E-state index in [1.165, 1.54) is 12.8 Å². The van der Waals surface area contributed by atoms with Crippen LogP contribution in [0.2, 0.25) is 0 Å². The molecule has 0 saturated carbocycles. The number of carbonyl (C=O) groups is 1. The summed E-state index contributed by atoms with van der Waals surface area (Å²) in [5, 5.41) is 2.86. The van der Waals surface area contributed by atoms with Gasteiger partial charge in [-0.05, 0) is 18.6 Å². The maximum absolute atomic E-state index is 11.7. The molecule has 16 heavy (non-hydrogen) atoms. The Labute approximate surface area is 97.5 Å². The molecule has 0 spiro atoms. The first-order valence-electron chi connectivity index (χ1n) is 5.81. The summed E-state index contributed by atoms with van der Waals surface area (Å²) >= 11 is 0. The third-order valence-corrected chi connectivity index (χ3v) is 2.47. The van der Waals surface area contributed by atoms with E-state index in [-0.39, 0.29) is 6.03 Å². The second kappa shape index (κ2) is 6.88. The number of nitrogens with one attached hydrogen (secondary N) is 1. The highest BCUT2D eigenvalue weighted by Gasteiger charge is 2.07. The van der Waals surface area contributed by atoms with Gasteiger partial charge in [0.15, 0.2) is 0 Å². The predicted molar refractivity (Wildman–Crippen MR) is 67.6 cm³/mol. The van der Waals surface area contributed by atoms with E-state index in [0.29, 0.717) is 0 Å². The number of amides is 2. The first-order valence-corrected chi connectivity index (χ1v) is 5.81. The number of urea groups is 1. The monoisotopic (exact) mass is 220 g/mol. The van der Waals surface area contributed by atoms with E-state index in [4.69, 9.17) is 0 Å². The Morgan fingerprint density at radius 3 is 2.56 bits per heavy atom. The number of anilines is 1. The summed E-state index contributed by atoms with van der Waals surface area (Å²) in [6, 6.07) is 9.48. The molecule has 3 nitrogen and oxygen atoms in total. The second-order valence-corrected chi connectivity index (χ2v) is 3.92. The molecule has 0 saturated heterocycles. The summed E-state index contributed by atoms with van der Waals surface area (Å²) in [6.45, 7) is 2.97. The van der Waals surface area contributed by atoms with Crippen molar-refractivity contribution in [1.82, 2.24) is 4.90 Å². The molecule has 1 rings (SSSR count). The fourth-order valence-electron chi connectivity index (χ4n) is 1.44. The molecule has 0 aromatic heterocycles. The van der Waals surface area contributed by atoms with Crippen LogP contribution >= 0.6 is 0 Å². The summed E-state index contributed by atoms with van der Waals surface area (Å²) in [5.41, 5.74) is 0.842. The SMILES string of the molecule is CCCCCN(C)C(=O)Nc1ccccc1. The molecule has 88 valence electrons. The Bertz CT molecular complexity index is 311.